The zero-order valence-electron chi connectivity index (χ0n) is 21.4. The fourth-order valence-corrected chi connectivity index (χ4v) is 4.68. The van der Waals surface area contributed by atoms with Gasteiger partial charge in [-0.1, -0.05) is 18.2 Å². The van der Waals surface area contributed by atoms with Crippen molar-refractivity contribution in [1.29, 1.82) is 0 Å². The molecule has 2 aromatic carbocycles. The van der Waals surface area contributed by atoms with Gasteiger partial charge in [-0.05, 0) is 30.3 Å². The molecule has 0 atom stereocenters. The Hall–Kier alpha value is -4.48. The van der Waals surface area contributed by atoms with Gasteiger partial charge in [-0.25, -0.2) is 4.39 Å². The molecule has 0 bridgehead atoms. The van der Waals surface area contributed by atoms with Crippen LogP contribution in [0.3, 0.4) is 0 Å². The summed E-state index contributed by atoms with van der Waals surface area (Å²) in [5.74, 6) is -1.27. The number of fused-ring (bicyclic) bond motifs is 1. The number of ether oxygens (including phenoxy) is 2. The summed E-state index contributed by atoms with van der Waals surface area (Å²) < 4.78 is 26.6. The first kappa shape index (κ1) is 27.6. The van der Waals surface area contributed by atoms with Gasteiger partial charge in [0.15, 0.2) is 11.6 Å². The Morgan fingerprint density at radius 3 is 2.49 bits per heavy atom. The SMILES string of the molecule is CN/C(=C\NCCOC)c1cc2nccc(Oc3ccc(NC(=O)CC(=O)Nc4ccccc4)cc3F)c2s1. The maximum absolute atomic E-state index is 14.9. The quantitative estimate of drug-likeness (QED) is 0.146. The molecule has 4 N–H and O–H groups in total. The number of aromatic nitrogens is 1. The molecule has 0 aliphatic carbocycles. The Labute approximate surface area is 229 Å². The van der Waals surface area contributed by atoms with Crippen LogP contribution >= 0.6 is 11.3 Å². The first-order chi connectivity index (χ1) is 19.0. The van der Waals surface area contributed by atoms with E-state index in [-0.39, 0.29) is 11.4 Å². The monoisotopic (exact) mass is 549 g/mol. The van der Waals surface area contributed by atoms with Gasteiger partial charge in [-0.15, -0.1) is 11.3 Å². The molecule has 0 aliphatic heterocycles. The third-order valence-electron chi connectivity index (χ3n) is 5.42. The highest BCUT2D eigenvalue weighted by atomic mass is 32.1. The molecule has 0 aliphatic rings. The minimum absolute atomic E-state index is 0.0112. The zero-order chi connectivity index (χ0) is 27.6. The number of halogens is 1. The van der Waals surface area contributed by atoms with Crippen LogP contribution in [0.5, 0.6) is 11.5 Å². The molecule has 0 saturated heterocycles. The lowest BCUT2D eigenvalue weighted by Gasteiger charge is -2.10. The van der Waals surface area contributed by atoms with E-state index in [4.69, 9.17) is 9.47 Å². The molecular weight excluding hydrogens is 521 g/mol. The molecule has 4 aromatic rings. The molecule has 11 heteroatoms. The molecule has 9 nitrogen and oxygen atoms in total. The maximum Gasteiger partial charge on any atom is 0.233 e. The van der Waals surface area contributed by atoms with Gasteiger partial charge in [0.25, 0.3) is 0 Å². The van der Waals surface area contributed by atoms with Crippen molar-refractivity contribution < 1.29 is 23.5 Å². The fourth-order valence-electron chi connectivity index (χ4n) is 3.59. The van der Waals surface area contributed by atoms with Crippen molar-refractivity contribution in [2.75, 3.05) is 37.9 Å². The van der Waals surface area contributed by atoms with Crippen molar-refractivity contribution in [3.8, 4) is 11.5 Å². The highest BCUT2D eigenvalue weighted by Gasteiger charge is 2.15. The normalized spacial score (nSPS) is 11.2. The minimum Gasteiger partial charge on any atom is -0.453 e. The third-order valence-corrected chi connectivity index (χ3v) is 6.59. The van der Waals surface area contributed by atoms with Crippen LogP contribution in [-0.4, -0.2) is 44.1 Å². The number of hydrogen-bond donors (Lipinski definition) is 4. The van der Waals surface area contributed by atoms with Crippen molar-refractivity contribution in [3.63, 3.8) is 0 Å². The van der Waals surface area contributed by atoms with Crippen LogP contribution < -0.4 is 26.0 Å². The Bertz CT molecular complexity index is 1480. The summed E-state index contributed by atoms with van der Waals surface area (Å²) in [5, 5.41) is 11.5. The Morgan fingerprint density at radius 2 is 1.77 bits per heavy atom. The van der Waals surface area contributed by atoms with Gasteiger partial charge in [0, 0.05) is 56.6 Å². The number of benzene rings is 2. The maximum atomic E-state index is 14.9. The van der Waals surface area contributed by atoms with E-state index in [1.165, 1.54) is 23.5 Å². The summed E-state index contributed by atoms with van der Waals surface area (Å²) in [6, 6.07) is 16.5. The van der Waals surface area contributed by atoms with Crippen LogP contribution in [0, 0.1) is 5.82 Å². The number of amides is 2. The number of hydrogen-bond acceptors (Lipinski definition) is 8. The van der Waals surface area contributed by atoms with E-state index in [2.05, 4.69) is 26.3 Å². The predicted molar refractivity (Wildman–Crippen MR) is 151 cm³/mol. The van der Waals surface area contributed by atoms with Gasteiger partial charge >= 0.3 is 0 Å². The second kappa shape index (κ2) is 13.4. The van der Waals surface area contributed by atoms with E-state index >= 15 is 0 Å². The lowest BCUT2D eigenvalue weighted by molar-refractivity contribution is -0.123. The van der Waals surface area contributed by atoms with Crippen LogP contribution in [0.4, 0.5) is 15.8 Å². The second-order valence-electron chi connectivity index (χ2n) is 8.28. The first-order valence-electron chi connectivity index (χ1n) is 12.1. The van der Waals surface area contributed by atoms with Crippen molar-refractivity contribution in [2.24, 2.45) is 0 Å². The number of carbonyl (C=O) groups is 2. The first-order valence-corrected chi connectivity index (χ1v) is 12.9. The van der Waals surface area contributed by atoms with Crippen LogP contribution in [0.15, 0.2) is 73.1 Å². The van der Waals surface area contributed by atoms with Gasteiger partial charge in [0.1, 0.15) is 12.2 Å². The number of thiophene rings is 1. The van der Waals surface area contributed by atoms with E-state index < -0.39 is 24.1 Å². The molecule has 0 radical (unpaired) electrons. The van der Waals surface area contributed by atoms with Crippen LogP contribution in [0.25, 0.3) is 15.9 Å². The van der Waals surface area contributed by atoms with Crippen LogP contribution in [0.1, 0.15) is 11.3 Å². The molecule has 0 saturated carbocycles. The van der Waals surface area contributed by atoms with Crippen LogP contribution in [-0.2, 0) is 14.3 Å². The number of methoxy groups -OCH3 is 1. The Balaban J connectivity index is 1.42. The smallest absolute Gasteiger partial charge is 0.233 e. The average Bonchev–Trinajstić information content (AvgIpc) is 3.36. The summed E-state index contributed by atoms with van der Waals surface area (Å²) in [4.78, 5) is 29.7. The number of rotatable bonds is 12. The largest absolute Gasteiger partial charge is 0.453 e. The number of nitrogens with one attached hydrogen (secondary N) is 4. The highest BCUT2D eigenvalue weighted by Crippen LogP contribution is 2.37. The molecule has 2 aromatic heterocycles. The van der Waals surface area contributed by atoms with E-state index in [1.54, 1.807) is 43.6 Å². The molecule has 0 spiro atoms. The van der Waals surface area contributed by atoms with Gasteiger partial charge < -0.3 is 30.7 Å². The summed E-state index contributed by atoms with van der Waals surface area (Å²) in [6.45, 7) is 1.24. The zero-order valence-corrected chi connectivity index (χ0v) is 22.2. The van der Waals surface area contributed by atoms with E-state index in [1.807, 2.05) is 25.4 Å². The van der Waals surface area contributed by atoms with Gasteiger partial charge in [0.05, 0.1) is 27.4 Å². The van der Waals surface area contributed by atoms with E-state index in [9.17, 15) is 14.0 Å². The number of para-hydroxylation sites is 1. The highest BCUT2D eigenvalue weighted by molar-refractivity contribution is 7.20. The summed E-state index contributed by atoms with van der Waals surface area (Å²) in [7, 11) is 3.47. The lowest BCUT2D eigenvalue weighted by Crippen LogP contribution is -2.21. The van der Waals surface area contributed by atoms with Gasteiger partial charge in [0.2, 0.25) is 11.8 Å². The summed E-state index contributed by atoms with van der Waals surface area (Å²) in [5.41, 5.74) is 2.37. The van der Waals surface area contributed by atoms with Crippen molar-refractivity contribution in [3.05, 3.63) is 83.8 Å². The molecular formula is C28H28FN5O4S. The number of anilines is 2. The lowest BCUT2D eigenvalue weighted by atomic mass is 10.2. The topological polar surface area (TPSA) is 114 Å². The average molecular weight is 550 g/mol. The molecule has 0 unspecified atom stereocenters. The molecule has 2 heterocycles. The number of nitrogens with zero attached hydrogens (tertiary/aromatic N) is 1. The Kier molecular flexibility index (Phi) is 9.44. The molecule has 2 amide bonds. The van der Waals surface area contributed by atoms with E-state index in [0.717, 1.165) is 21.3 Å². The third kappa shape index (κ3) is 7.53. The summed E-state index contributed by atoms with van der Waals surface area (Å²) in [6.07, 6.45) is 3.05. The molecule has 4 rings (SSSR count). The van der Waals surface area contributed by atoms with Crippen molar-refractivity contribution in [2.45, 2.75) is 6.42 Å². The van der Waals surface area contributed by atoms with Crippen molar-refractivity contribution in [1.82, 2.24) is 15.6 Å². The minimum atomic E-state index is -0.665. The predicted octanol–water partition coefficient (Wildman–Crippen LogP) is 4.95. The number of pyridine rings is 1. The van der Waals surface area contributed by atoms with E-state index in [0.29, 0.717) is 30.1 Å². The fraction of sp³-hybridized carbons (Fsp3) is 0.179. The van der Waals surface area contributed by atoms with Crippen molar-refractivity contribution >= 4 is 50.4 Å². The van der Waals surface area contributed by atoms with Gasteiger partial charge in [-0.2, -0.15) is 0 Å². The molecule has 0 fully saturated rings. The summed E-state index contributed by atoms with van der Waals surface area (Å²) >= 11 is 1.46. The standard InChI is InChI=1S/C28H28FN5O4S/c1-30-22(17-31-12-13-37-2)25-15-21-28(39-25)24(10-11-32-21)38-23-9-8-19(14-20(23)29)34-27(36)16-26(35)33-18-6-4-3-5-7-18/h3-11,14-15,17,30-31H,12-13,16H2,1-2H3,(H,33,35)(H,34,36)/b22-17-. The molecule has 202 valence electrons. The molecule has 39 heavy (non-hydrogen) atoms. The second-order valence-corrected chi connectivity index (χ2v) is 9.33. The van der Waals surface area contributed by atoms with Gasteiger partial charge in [-0.3, -0.25) is 14.6 Å². The number of carbonyl (C=O) groups excluding carboxylic acids is 2. The van der Waals surface area contributed by atoms with Crippen LogP contribution in [0.2, 0.25) is 0 Å². The Morgan fingerprint density at radius 1 is 1.00 bits per heavy atom.